The lowest BCUT2D eigenvalue weighted by Gasteiger charge is -2.01. The van der Waals surface area contributed by atoms with Crippen LogP contribution in [0.1, 0.15) is 5.56 Å². The fourth-order valence-electron chi connectivity index (χ4n) is 1.08. The van der Waals surface area contributed by atoms with Gasteiger partial charge >= 0.3 is 5.97 Å². The quantitative estimate of drug-likeness (QED) is 0.270. The van der Waals surface area contributed by atoms with Gasteiger partial charge in [-0.25, -0.2) is 4.79 Å². The predicted molar refractivity (Wildman–Crippen MR) is 53.4 cm³/mol. The number of carbonyl (C=O) groups is 1. The maximum absolute atomic E-state index is 11.1. The Morgan fingerprint density at radius 2 is 2.25 bits per heavy atom. The first-order chi connectivity index (χ1) is 7.60. The SMILES string of the molecule is COC(=O)/C(=N/O)c1cccc([N+](=O)[O-])c1. The highest BCUT2D eigenvalue weighted by molar-refractivity contribution is 6.43. The molecule has 0 aromatic heterocycles. The van der Waals surface area contributed by atoms with Gasteiger partial charge in [-0.2, -0.15) is 0 Å². The van der Waals surface area contributed by atoms with Crippen LogP contribution in [0.2, 0.25) is 0 Å². The zero-order valence-electron chi connectivity index (χ0n) is 8.28. The van der Waals surface area contributed by atoms with Crippen molar-refractivity contribution in [3.63, 3.8) is 0 Å². The molecule has 1 rings (SSSR count). The highest BCUT2D eigenvalue weighted by Gasteiger charge is 2.17. The Morgan fingerprint density at radius 3 is 2.75 bits per heavy atom. The van der Waals surface area contributed by atoms with Crippen LogP contribution in [0, 0.1) is 10.1 Å². The maximum Gasteiger partial charge on any atom is 0.360 e. The monoisotopic (exact) mass is 224 g/mol. The van der Waals surface area contributed by atoms with Crippen molar-refractivity contribution in [2.75, 3.05) is 7.11 Å². The first kappa shape index (κ1) is 11.6. The molecule has 0 saturated heterocycles. The number of benzene rings is 1. The van der Waals surface area contributed by atoms with Crippen LogP contribution in [-0.2, 0) is 9.53 Å². The van der Waals surface area contributed by atoms with E-state index >= 15 is 0 Å². The summed E-state index contributed by atoms with van der Waals surface area (Å²) in [6, 6.07) is 5.16. The van der Waals surface area contributed by atoms with Crippen molar-refractivity contribution in [3.05, 3.63) is 39.9 Å². The minimum atomic E-state index is -0.872. The van der Waals surface area contributed by atoms with Crippen molar-refractivity contribution in [1.29, 1.82) is 0 Å². The number of oxime groups is 1. The summed E-state index contributed by atoms with van der Waals surface area (Å²) >= 11 is 0. The van der Waals surface area contributed by atoms with Crippen molar-refractivity contribution in [3.8, 4) is 0 Å². The first-order valence-corrected chi connectivity index (χ1v) is 4.15. The molecule has 16 heavy (non-hydrogen) atoms. The molecular formula is C9H8N2O5. The zero-order chi connectivity index (χ0) is 12.1. The third kappa shape index (κ3) is 2.32. The van der Waals surface area contributed by atoms with Gasteiger partial charge in [-0.1, -0.05) is 17.3 Å². The van der Waals surface area contributed by atoms with Gasteiger partial charge in [-0.05, 0) is 0 Å². The minimum absolute atomic E-state index is 0.114. The fraction of sp³-hybridized carbons (Fsp3) is 0.111. The summed E-state index contributed by atoms with van der Waals surface area (Å²) in [5.74, 6) is -0.872. The zero-order valence-corrected chi connectivity index (χ0v) is 8.28. The van der Waals surface area contributed by atoms with Crippen LogP contribution in [-0.4, -0.2) is 28.9 Å². The Hall–Kier alpha value is -2.44. The Balaban J connectivity index is 3.17. The second kappa shape index (κ2) is 4.87. The lowest BCUT2D eigenvalue weighted by atomic mass is 10.1. The van der Waals surface area contributed by atoms with Gasteiger partial charge in [-0.15, -0.1) is 0 Å². The number of rotatable bonds is 3. The van der Waals surface area contributed by atoms with Gasteiger partial charge in [0, 0.05) is 17.7 Å². The van der Waals surface area contributed by atoms with Gasteiger partial charge in [0.2, 0.25) is 0 Å². The standard InChI is InChI=1S/C9H8N2O5/c1-16-9(12)8(10-13)6-3-2-4-7(5-6)11(14)15/h2-5,13H,1H3/b10-8+. The number of methoxy groups -OCH3 is 1. The molecular weight excluding hydrogens is 216 g/mol. The normalized spacial score (nSPS) is 10.9. The first-order valence-electron chi connectivity index (χ1n) is 4.15. The minimum Gasteiger partial charge on any atom is -0.464 e. The van der Waals surface area contributed by atoms with E-state index in [4.69, 9.17) is 5.21 Å². The van der Waals surface area contributed by atoms with Crippen LogP contribution < -0.4 is 0 Å². The molecule has 1 aromatic carbocycles. The molecule has 0 bridgehead atoms. The van der Waals surface area contributed by atoms with Gasteiger partial charge in [0.05, 0.1) is 12.0 Å². The fourth-order valence-corrected chi connectivity index (χ4v) is 1.08. The van der Waals surface area contributed by atoms with E-state index in [0.717, 1.165) is 13.2 Å². The van der Waals surface area contributed by atoms with E-state index in [1.54, 1.807) is 0 Å². The summed E-state index contributed by atoms with van der Waals surface area (Å²) in [4.78, 5) is 21.0. The third-order valence-electron chi connectivity index (χ3n) is 1.81. The molecule has 0 fully saturated rings. The Labute approximate surface area is 90.1 Å². The molecule has 0 aliphatic carbocycles. The summed E-state index contributed by atoms with van der Waals surface area (Å²) < 4.78 is 4.36. The van der Waals surface area contributed by atoms with E-state index in [0.29, 0.717) is 0 Å². The van der Waals surface area contributed by atoms with Crippen LogP contribution in [0.25, 0.3) is 0 Å². The lowest BCUT2D eigenvalue weighted by Crippen LogP contribution is -2.17. The highest BCUT2D eigenvalue weighted by atomic mass is 16.6. The largest absolute Gasteiger partial charge is 0.464 e. The summed E-state index contributed by atoms with van der Waals surface area (Å²) in [7, 11) is 1.12. The number of esters is 1. The topological polar surface area (TPSA) is 102 Å². The molecule has 84 valence electrons. The molecule has 0 aliphatic heterocycles. The number of hydrogen-bond acceptors (Lipinski definition) is 6. The van der Waals surface area contributed by atoms with Crippen molar-refractivity contribution in [2.24, 2.45) is 5.16 Å². The maximum atomic E-state index is 11.1. The average molecular weight is 224 g/mol. The average Bonchev–Trinajstić information content (AvgIpc) is 2.30. The Morgan fingerprint density at radius 1 is 1.56 bits per heavy atom. The molecule has 1 N–H and O–H groups in total. The third-order valence-corrected chi connectivity index (χ3v) is 1.81. The van der Waals surface area contributed by atoms with E-state index in [1.807, 2.05) is 0 Å². The number of nitrogens with zero attached hydrogens (tertiary/aromatic N) is 2. The van der Waals surface area contributed by atoms with Gasteiger partial charge in [0.25, 0.3) is 5.69 Å². The lowest BCUT2D eigenvalue weighted by molar-refractivity contribution is -0.384. The number of hydrogen-bond donors (Lipinski definition) is 1. The number of nitro groups is 1. The number of carbonyl (C=O) groups excluding carboxylic acids is 1. The van der Waals surface area contributed by atoms with E-state index in [1.165, 1.54) is 18.2 Å². The Kier molecular flexibility index (Phi) is 3.54. The van der Waals surface area contributed by atoms with E-state index in [9.17, 15) is 14.9 Å². The van der Waals surface area contributed by atoms with Crippen molar-refractivity contribution in [1.82, 2.24) is 0 Å². The van der Waals surface area contributed by atoms with Gasteiger partial charge in [0.15, 0.2) is 5.71 Å². The number of ether oxygens (including phenoxy) is 1. The van der Waals surface area contributed by atoms with Gasteiger partial charge in [-0.3, -0.25) is 10.1 Å². The summed E-state index contributed by atoms with van der Waals surface area (Å²) in [5.41, 5.74) is -0.475. The van der Waals surface area contributed by atoms with E-state index in [2.05, 4.69) is 9.89 Å². The molecule has 0 saturated carbocycles. The second-order valence-electron chi connectivity index (χ2n) is 2.75. The summed E-state index contributed by atoms with van der Waals surface area (Å²) in [5, 5.41) is 21.9. The number of nitro benzene ring substituents is 1. The second-order valence-corrected chi connectivity index (χ2v) is 2.75. The molecule has 7 heteroatoms. The molecule has 0 amide bonds. The van der Waals surface area contributed by atoms with Crippen LogP contribution in [0.3, 0.4) is 0 Å². The summed E-state index contributed by atoms with van der Waals surface area (Å²) in [6.45, 7) is 0. The van der Waals surface area contributed by atoms with E-state index in [-0.39, 0.29) is 17.0 Å². The van der Waals surface area contributed by atoms with Crippen molar-refractivity contribution < 1.29 is 19.7 Å². The van der Waals surface area contributed by atoms with Crippen LogP contribution in [0.5, 0.6) is 0 Å². The molecule has 0 spiro atoms. The molecule has 0 aliphatic rings. The number of non-ortho nitro benzene ring substituents is 1. The van der Waals surface area contributed by atoms with Crippen molar-refractivity contribution in [2.45, 2.75) is 0 Å². The van der Waals surface area contributed by atoms with Crippen LogP contribution >= 0.6 is 0 Å². The molecule has 0 atom stereocenters. The van der Waals surface area contributed by atoms with Gasteiger partial charge < -0.3 is 9.94 Å². The van der Waals surface area contributed by atoms with Crippen LogP contribution in [0.4, 0.5) is 5.69 Å². The summed E-state index contributed by atoms with van der Waals surface area (Å²) in [6.07, 6.45) is 0. The molecule has 1 aromatic rings. The van der Waals surface area contributed by atoms with Crippen LogP contribution in [0.15, 0.2) is 29.4 Å². The highest BCUT2D eigenvalue weighted by Crippen LogP contribution is 2.14. The smallest absolute Gasteiger partial charge is 0.360 e. The van der Waals surface area contributed by atoms with Gasteiger partial charge in [0.1, 0.15) is 0 Å². The molecule has 0 radical (unpaired) electrons. The van der Waals surface area contributed by atoms with Crippen molar-refractivity contribution >= 4 is 17.4 Å². The molecule has 0 unspecified atom stereocenters. The van der Waals surface area contributed by atoms with E-state index < -0.39 is 10.9 Å². The molecule has 7 nitrogen and oxygen atoms in total. The predicted octanol–water partition coefficient (Wildman–Crippen LogP) is 0.946. The Bertz CT molecular complexity index is 455. The molecule has 0 heterocycles.